The van der Waals surface area contributed by atoms with Gasteiger partial charge in [-0.1, -0.05) is 23.7 Å². The monoisotopic (exact) mass is 397 g/mol. The number of carbonyl (C=O) groups is 2. The second-order valence-electron chi connectivity index (χ2n) is 5.64. The second kappa shape index (κ2) is 6.58. The Morgan fingerprint density at radius 1 is 1.15 bits per heavy atom. The number of imide groups is 1. The minimum absolute atomic E-state index is 0.0569. The Bertz CT molecular complexity index is 989. The maximum Gasteiger partial charge on any atom is 0.419 e. The smallest absolute Gasteiger partial charge is 0.419 e. The molecule has 1 aliphatic rings. The summed E-state index contributed by atoms with van der Waals surface area (Å²) < 4.78 is 38.2. The van der Waals surface area contributed by atoms with Gasteiger partial charge in [0.1, 0.15) is 16.7 Å². The third-order valence-corrected chi connectivity index (χ3v) is 4.12. The van der Waals surface area contributed by atoms with Crippen LogP contribution < -0.4 is 5.43 Å². The number of phenolic OH excluding ortho intramolecular Hbond substituents is 1. The van der Waals surface area contributed by atoms with Gasteiger partial charge in [0.15, 0.2) is 0 Å². The van der Waals surface area contributed by atoms with Crippen molar-refractivity contribution in [3.63, 3.8) is 0 Å². The van der Waals surface area contributed by atoms with E-state index in [1.165, 1.54) is 25.1 Å². The van der Waals surface area contributed by atoms with Crippen LogP contribution >= 0.6 is 11.6 Å². The first-order valence-corrected chi connectivity index (χ1v) is 7.87. The maximum atomic E-state index is 12.7. The fourth-order valence-corrected chi connectivity index (χ4v) is 2.83. The fourth-order valence-electron chi connectivity index (χ4n) is 2.56. The van der Waals surface area contributed by atoms with E-state index in [-0.39, 0.29) is 22.7 Å². The topological polar surface area (TPSA) is 82.5 Å². The van der Waals surface area contributed by atoms with Crippen LogP contribution in [0.15, 0.2) is 42.0 Å². The Labute approximate surface area is 155 Å². The van der Waals surface area contributed by atoms with Gasteiger partial charge in [0, 0.05) is 5.57 Å². The molecule has 3 rings (SSSR count). The van der Waals surface area contributed by atoms with Gasteiger partial charge in [-0.05, 0) is 36.8 Å². The molecule has 0 bridgehead atoms. The quantitative estimate of drug-likeness (QED) is 0.610. The predicted molar refractivity (Wildman–Crippen MR) is 90.4 cm³/mol. The van der Waals surface area contributed by atoms with Crippen molar-refractivity contribution in [2.24, 2.45) is 0 Å². The lowest BCUT2D eigenvalue weighted by Gasteiger charge is -2.17. The molecule has 0 atom stereocenters. The normalized spacial score (nSPS) is 14.9. The number of carbonyl (C=O) groups excluding carboxylic acids is 2. The van der Waals surface area contributed by atoms with Crippen molar-refractivity contribution in [2.45, 2.75) is 13.1 Å². The minimum Gasteiger partial charge on any atom is -0.508 e. The summed E-state index contributed by atoms with van der Waals surface area (Å²) in [5.41, 5.74) is 1.73. The van der Waals surface area contributed by atoms with E-state index in [2.05, 4.69) is 10.4 Å². The highest BCUT2D eigenvalue weighted by Crippen LogP contribution is 2.35. The van der Waals surface area contributed by atoms with Gasteiger partial charge in [-0.25, -0.2) is 4.98 Å². The molecule has 2 heterocycles. The van der Waals surface area contributed by atoms with Crippen molar-refractivity contribution >= 4 is 34.8 Å². The fraction of sp³-hybridized carbons (Fsp3) is 0.118. The number of hydrazine groups is 1. The summed E-state index contributed by atoms with van der Waals surface area (Å²) in [6.07, 6.45) is -4.68. The lowest BCUT2D eigenvalue weighted by Crippen LogP contribution is -2.37. The van der Waals surface area contributed by atoms with Crippen LogP contribution in [0.4, 0.5) is 19.0 Å². The van der Waals surface area contributed by atoms with Gasteiger partial charge in [0.25, 0.3) is 11.8 Å². The number of rotatable bonds is 3. The summed E-state index contributed by atoms with van der Waals surface area (Å²) in [6.45, 7) is 1.43. The van der Waals surface area contributed by atoms with Gasteiger partial charge in [-0.2, -0.15) is 18.2 Å². The predicted octanol–water partition coefficient (Wildman–Crippen LogP) is 3.63. The molecule has 140 valence electrons. The van der Waals surface area contributed by atoms with Gasteiger partial charge in [-0.3, -0.25) is 15.0 Å². The van der Waals surface area contributed by atoms with Crippen LogP contribution in [0.5, 0.6) is 5.75 Å². The molecule has 6 nitrogen and oxygen atoms in total. The van der Waals surface area contributed by atoms with Crippen LogP contribution in [0.1, 0.15) is 18.1 Å². The van der Waals surface area contributed by atoms with Crippen molar-refractivity contribution in [2.75, 3.05) is 5.43 Å². The number of pyridine rings is 1. The number of hydrogen-bond donors (Lipinski definition) is 2. The van der Waals surface area contributed by atoms with Gasteiger partial charge >= 0.3 is 6.18 Å². The Kier molecular flexibility index (Phi) is 4.56. The molecule has 10 heteroatoms. The van der Waals surface area contributed by atoms with Crippen molar-refractivity contribution in [1.82, 2.24) is 9.99 Å². The summed E-state index contributed by atoms with van der Waals surface area (Å²) in [4.78, 5) is 28.5. The molecule has 0 saturated carbocycles. The van der Waals surface area contributed by atoms with Gasteiger partial charge in [0.2, 0.25) is 0 Å². The maximum absolute atomic E-state index is 12.7. The molecule has 2 N–H and O–H groups in total. The molecule has 0 aliphatic carbocycles. The van der Waals surface area contributed by atoms with Crippen LogP contribution in [0.2, 0.25) is 5.15 Å². The van der Waals surface area contributed by atoms with E-state index >= 15 is 0 Å². The summed E-state index contributed by atoms with van der Waals surface area (Å²) in [7, 11) is 0. The number of aromatic nitrogens is 1. The molecular formula is C17H11ClF3N3O3. The zero-order chi connectivity index (χ0) is 19.9. The molecule has 2 amide bonds. The molecule has 0 saturated heterocycles. The van der Waals surface area contributed by atoms with E-state index in [0.717, 1.165) is 6.07 Å². The van der Waals surface area contributed by atoms with Crippen LogP contribution in [0.25, 0.3) is 5.57 Å². The molecule has 1 aromatic carbocycles. The Morgan fingerprint density at radius 3 is 2.44 bits per heavy atom. The number of benzene rings is 1. The largest absolute Gasteiger partial charge is 0.508 e. The van der Waals surface area contributed by atoms with E-state index < -0.39 is 28.7 Å². The zero-order valence-electron chi connectivity index (χ0n) is 13.6. The number of anilines is 1. The Hall–Kier alpha value is -3.07. The second-order valence-corrected chi connectivity index (χ2v) is 6.00. The van der Waals surface area contributed by atoms with E-state index in [0.29, 0.717) is 16.6 Å². The molecule has 1 aliphatic heterocycles. The zero-order valence-corrected chi connectivity index (χ0v) is 14.4. The summed E-state index contributed by atoms with van der Waals surface area (Å²) in [5, 5.41) is 9.38. The number of phenols is 1. The van der Waals surface area contributed by atoms with Crippen LogP contribution in [0.3, 0.4) is 0 Å². The third kappa shape index (κ3) is 3.45. The average molecular weight is 398 g/mol. The third-order valence-electron chi connectivity index (χ3n) is 3.83. The van der Waals surface area contributed by atoms with E-state index in [1.54, 1.807) is 6.07 Å². The first-order chi connectivity index (χ1) is 12.6. The molecular weight excluding hydrogens is 387 g/mol. The van der Waals surface area contributed by atoms with Crippen LogP contribution in [-0.4, -0.2) is 26.9 Å². The van der Waals surface area contributed by atoms with E-state index in [1.807, 2.05) is 0 Å². The van der Waals surface area contributed by atoms with E-state index in [4.69, 9.17) is 11.6 Å². The molecule has 2 aromatic rings. The lowest BCUT2D eigenvalue weighted by atomic mass is 10.0. The number of nitrogens with zero attached hydrogens (tertiary/aromatic N) is 2. The number of alkyl halides is 3. The summed E-state index contributed by atoms with van der Waals surface area (Å²) in [6, 6.07) is 7.43. The van der Waals surface area contributed by atoms with Crippen molar-refractivity contribution in [3.05, 3.63) is 58.3 Å². The Morgan fingerprint density at radius 2 is 1.85 bits per heavy atom. The molecule has 0 spiro atoms. The van der Waals surface area contributed by atoms with Crippen LogP contribution in [-0.2, 0) is 15.8 Å². The molecule has 0 radical (unpaired) electrons. The summed E-state index contributed by atoms with van der Waals surface area (Å²) >= 11 is 5.55. The first-order valence-electron chi connectivity index (χ1n) is 7.49. The van der Waals surface area contributed by atoms with Gasteiger partial charge in [0.05, 0.1) is 11.1 Å². The number of halogens is 4. The summed E-state index contributed by atoms with van der Waals surface area (Å²) in [5.74, 6) is -1.73. The minimum atomic E-state index is -4.68. The van der Waals surface area contributed by atoms with Crippen molar-refractivity contribution < 1.29 is 27.9 Å². The highest BCUT2D eigenvalue weighted by Gasteiger charge is 2.38. The highest BCUT2D eigenvalue weighted by molar-refractivity contribution is 6.36. The SMILES string of the molecule is CC1=C(c2cccc(O)c2)C(=O)N(Nc2ccc(C(F)(F)F)c(Cl)n2)C1=O. The van der Waals surface area contributed by atoms with Gasteiger partial charge < -0.3 is 5.11 Å². The number of hydrogen-bond acceptors (Lipinski definition) is 5. The lowest BCUT2D eigenvalue weighted by molar-refractivity contribution is -0.138. The molecule has 0 fully saturated rings. The number of nitrogens with one attached hydrogen (secondary N) is 1. The molecule has 0 unspecified atom stereocenters. The average Bonchev–Trinajstić information content (AvgIpc) is 2.77. The number of aromatic hydroxyl groups is 1. The van der Waals surface area contributed by atoms with Crippen molar-refractivity contribution in [1.29, 1.82) is 0 Å². The Balaban J connectivity index is 1.89. The standard InChI is InChI=1S/C17H11ClF3N3O3/c1-8-13(9-3-2-4-10(25)7-9)16(27)24(15(8)26)23-12-6-5-11(14(18)22-12)17(19,20)21/h2-7,25H,1H3,(H,22,23). The van der Waals surface area contributed by atoms with Crippen LogP contribution in [0, 0.1) is 0 Å². The molecule has 27 heavy (non-hydrogen) atoms. The number of amides is 2. The van der Waals surface area contributed by atoms with E-state index in [9.17, 15) is 27.9 Å². The molecule has 1 aromatic heterocycles. The van der Waals surface area contributed by atoms with Gasteiger partial charge in [-0.15, -0.1) is 0 Å². The first kappa shape index (κ1) is 18.7. The van der Waals surface area contributed by atoms with Crippen molar-refractivity contribution in [3.8, 4) is 5.75 Å². The highest BCUT2D eigenvalue weighted by atomic mass is 35.5.